The molecule has 2 aliphatic rings. The van der Waals surface area contributed by atoms with Crippen LogP contribution in [0.15, 0.2) is 0 Å². The van der Waals surface area contributed by atoms with Gasteiger partial charge in [0, 0.05) is 19.0 Å². The quantitative estimate of drug-likeness (QED) is 0.852. The highest BCUT2D eigenvalue weighted by atomic mass is 16.2. The van der Waals surface area contributed by atoms with Crippen LogP contribution in [0.5, 0.6) is 0 Å². The summed E-state index contributed by atoms with van der Waals surface area (Å²) in [6.45, 7) is 9.98. The molecule has 0 aromatic heterocycles. The van der Waals surface area contributed by atoms with Crippen molar-refractivity contribution in [1.29, 1.82) is 0 Å². The van der Waals surface area contributed by atoms with Crippen molar-refractivity contribution in [2.45, 2.75) is 58.9 Å². The fourth-order valence-electron chi connectivity index (χ4n) is 3.70. The number of rotatable bonds is 3. The number of carbonyl (C=O) groups excluding carboxylic acids is 1. The lowest BCUT2D eigenvalue weighted by Gasteiger charge is -2.38. The summed E-state index contributed by atoms with van der Waals surface area (Å²) in [6, 6.07) is 0.438. The van der Waals surface area contributed by atoms with Gasteiger partial charge in [0.15, 0.2) is 0 Å². The number of amides is 1. The zero-order valence-electron chi connectivity index (χ0n) is 12.8. The SMILES string of the molecule is CC1CCN(C(=O)CC(C)C2CCCNC2)C(C)C1. The Morgan fingerprint density at radius 1 is 1.37 bits per heavy atom. The van der Waals surface area contributed by atoms with Crippen LogP contribution in [0.2, 0.25) is 0 Å². The van der Waals surface area contributed by atoms with Crippen molar-refractivity contribution in [2.24, 2.45) is 17.8 Å². The smallest absolute Gasteiger partial charge is 0.223 e. The minimum atomic E-state index is 0.387. The number of nitrogens with zero attached hydrogens (tertiary/aromatic N) is 1. The molecule has 3 nitrogen and oxygen atoms in total. The summed E-state index contributed by atoms with van der Waals surface area (Å²) in [5.74, 6) is 2.38. The Bertz CT molecular complexity index is 299. The van der Waals surface area contributed by atoms with Crippen LogP contribution in [-0.4, -0.2) is 36.5 Å². The van der Waals surface area contributed by atoms with Crippen molar-refractivity contribution in [3.05, 3.63) is 0 Å². The molecule has 3 heteroatoms. The average molecular weight is 266 g/mol. The van der Waals surface area contributed by atoms with Crippen molar-refractivity contribution in [3.63, 3.8) is 0 Å². The van der Waals surface area contributed by atoms with Gasteiger partial charge in [0.25, 0.3) is 0 Å². The molecule has 1 N–H and O–H groups in total. The van der Waals surface area contributed by atoms with E-state index in [0.29, 0.717) is 23.8 Å². The van der Waals surface area contributed by atoms with E-state index < -0.39 is 0 Å². The number of hydrogen-bond donors (Lipinski definition) is 1. The lowest BCUT2D eigenvalue weighted by molar-refractivity contribution is -0.136. The minimum Gasteiger partial charge on any atom is -0.340 e. The molecule has 2 aliphatic heterocycles. The molecular formula is C16H30N2O. The highest BCUT2D eigenvalue weighted by molar-refractivity contribution is 5.76. The van der Waals surface area contributed by atoms with E-state index in [1.165, 1.54) is 25.7 Å². The number of likely N-dealkylation sites (tertiary alicyclic amines) is 1. The maximum absolute atomic E-state index is 12.5. The maximum Gasteiger partial charge on any atom is 0.223 e. The molecule has 1 amide bonds. The normalized spacial score (nSPS) is 34.1. The van der Waals surface area contributed by atoms with E-state index in [1.807, 2.05) is 0 Å². The zero-order valence-corrected chi connectivity index (χ0v) is 12.8. The highest BCUT2D eigenvalue weighted by Gasteiger charge is 2.29. The molecule has 4 unspecified atom stereocenters. The molecule has 0 radical (unpaired) electrons. The van der Waals surface area contributed by atoms with Crippen molar-refractivity contribution in [1.82, 2.24) is 10.2 Å². The van der Waals surface area contributed by atoms with E-state index in [2.05, 4.69) is 31.0 Å². The van der Waals surface area contributed by atoms with Crippen LogP contribution in [-0.2, 0) is 4.79 Å². The number of nitrogens with one attached hydrogen (secondary N) is 1. The number of piperidine rings is 2. The summed E-state index contributed by atoms with van der Waals surface area (Å²) in [7, 11) is 0. The molecule has 2 saturated heterocycles. The van der Waals surface area contributed by atoms with E-state index in [9.17, 15) is 4.79 Å². The largest absolute Gasteiger partial charge is 0.340 e. The van der Waals surface area contributed by atoms with Crippen LogP contribution < -0.4 is 5.32 Å². The second-order valence-electron chi connectivity index (χ2n) is 6.85. The first-order chi connectivity index (χ1) is 9.08. The van der Waals surface area contributed by atoms with Crippen molar-refractivity contribution < 1.29 is 4.79 Å². The second-order valence-corrected chi connectivity index (χ2v) is 6.85. The molecule has 2 heterocycles. The minimum absolute atomic E-state index is 0.387. The standard InChI is InChI=1S/C16H30N2O/c1-12-6-8-18(14(3)9-12)16(19)10-13(2)15-5-4-7-17-11-15/h12-15,17H,4-11H2,1-3H3. The topological polar surface area (TPSA) is 32.3 Å². The molecule has 2 fully saturated rings. The molecule has 0 spiro atoms. The van der Waals surface area contributed by atoms with Crippen LogP contribution in [0.4, 0.5) is 0 Å². The summed E-state index contributed by atoms with van der Waals surface area (Å²) in [6.07, 6.45) is 5.64. The van der Waals surface area contributed by atoms with Crippen LogP contribution in [0, 0.1) is 17.8 Å². The van der Waals surface area contributed by atoms with Crippen molar-refractivity contribution >= 4 is 5.91 Å². The molecule has 0 aliphatic carbocycles. The Kier molecular flexibility index (Phi) is 5.26. The van der Waals surface area contributed by atoms with Gasteiger partial charge in [0.1, 0.15) is 0 Å². The Hall–Kier alpha value is -0.570. The first-order valence-corrected chi connectivity index (χ1v) is 8.08. The molecule has 0 aromatic rings. The first kappa shape index (κ1) is 14.8. The predicted octanol–water partition coefficient (Wildman–Crippen LogP) is 2.66. The highest BCUT2D eigenvalue weighted by Crippen LogP contribution is 2.27. The zero-order chi connectivity index (χ0) is 13.8. The lowest BCUT2D eigenvalue weighted by atomic mass is 9.84. The number of hydrogen-bond acceptors (Lipinski definition) is 2. The molecular weight excluding hydrogens is 236 g/mol. The summed E-state index contributed by atoms with van der Waals surface area (Å²) in [5, 5.41) is 3.46. The third-order valence-corrected chi connectivity index (χ3v) is 5.10. The van der Waals surface area contributed by atoms with Gasteiger partial charge in [-0.25, -0.2) is 0 Å². The first-order valence-electron chi connectivity index (χ1n) is 8.08. The fourth-order valence-corrected chi connectivity index (χ4v) is 3.70. The fraction of sp³-hybridized carbons (Fsp3) is 0.938. The molecule has 19 heavy (non-hydrogen) atoms. The Morgan fingerprint density at radius 3 is 2.79 bits per heavy atom. The monoisotopic (exact) mass is 266 g/mol. The summed E-state index contributed by atoms with van der Waals surface area (Å²) in [4.78, 5) is 14.6. The van der Waals surface area contributed by atoms with Gasteiger partial charge in [-0.05, 0) is 63.5 Å². The van der Waals surface area contributed by atoms with Gasteiger partial charge in [0.05, 0.1) is 0 Å². The Morgan fingerprint density at radius 2 is 2.16 bits per heavy atom. The van der Waals surface area contributed by atoms with Gasteiger partial charge < -0.3 is 10.2 Å². The van der Waals surface area contributed by atoms with Crippen LogP contribution in [0.1, 0.15) is 52.9 Å². The van der Waals surface area contributed by atoms with Gasteiger partial charge in [0.2, 0.25) is 5.91 Å². The van der Waals surface area contributed by atoms with E-state index in [4.69, 9.17) is 0 Å². The molecule has 0 aromatic carbocycles. The van der Waals surface area contributed by atoms with Crippen molar-refractivity contribution in [3.8, 4) is 0 Å². The predicted molar refractivity (Wildman–Crippen MR) is 78.9 cm³/mol. The molecule has 0 saturated carbocycles. The van der Waals surface area contributed by atoms with E-state index in [-0.39, 0.29) is 0 Å². The Balaban J connectivity index is 1.82. The van der Waals surface area contributed by atoms with Gasteiger partial charge in [-0.3, -0.25) is 4.79 Å². The van der Waals surface area contributed by atoms with E-state index in [0.717, 1.165) is 32.0 Å². The second kappa shape index (κ2) is 6.74. The summed E-state index contributed by atoms with van der Waals surface area (Å²) in [5.41, 5.74) is 0. The van der Waals surface area contributed by atoms with Crippen LogP contribution in [0.3, 0.4) is 0 Å². The van der Waals surface area contributed by atoms with Gasteiger partial charge >= 0.3 is 0 Å². The average Bonchev–Trinajstić information content (AvgIpc) is 2.39. The third kappa shape index (κ3) is 3.95. The third-order valence-electron chi connectivity index (χ3n) is 5.10. The number of carbonyl (C=O) groups is 1. The van der Waals surface area contributed by atoms with Crippen molar-refractivity contribution in [2.75, 3.05) is 19.6 Å². The summed E-state index contributed by atoms with van der Waals surface area (Å²) >= 11 is 0. The van der Waals surface area contributed by atoms with Crippen LogP contribution in [0.25, 0.3) is 0 Å². The molecule has 4 atom stereocenters. The molecule has 2 rings (SSSR count). The lowest BCUT2D eigenvalue weighted by Crippen LogP contribution is -2.45. The molecule has 0 bridgehead atoms. The Labute approximate surface area is 118 Å². The van der Waals surface area contributed by atoms with E-state index in [1.54, 1.807) is 0 Å². The van der Waals surface area contributed by atoms with Crippen LogP contribution >= 0.6 is 0 Å². The summed E-state index contributed by atoms with van der Waals surface area (Å²) < 4.78 is 0. The molecule has 110 valence electrons. The van der Waals surface area contributed by atoms with E-state index >= 15 is 0 Å². The maximum atomic E-state index is 12.5. The van der Waals surface area contributed by atoms with Gasteiger partial charge in [-0.15, -0.1) is 0 Å². The van der Waals surface area contributed by atoms with Gasteiger partial charge in [-0.1, -0.05) is 13.8 Å². The van der Waals surface area contributed by atoms with Gasteiger partial charge in [-0.2, -0.15) is 0 Å².